The molecular weight excluding hydrogens is 324 g/mol. The summed E-state index contributed by atoms with van der Waals surface area (Å²) in [6.45, 7) is 1.80. The van der Waals surface area contributed by atoms with E-state index in [1.807, 2.05) is 12.1 Å². The maximum Gasteiger partial charge on any atom is 0.346 e. The highest BCUT2D eigenvalue weighted by molar-refractivity contribution is 5.92. The number of hydrogen-bond acceptors (Lipinski definition) is 3. The average Bonchev–Trinajstić information content (AvgIpc) is 2.77. The molecule has 4 heteroatoms. The Morgan fingerprint density at radius 3 is 2.58 bits per heavy atom. The summed E-state index contributed by atoms with van der Waals surface area (Å²) in [4.78, 5) is 13.2. The Hall–Kier alpha value is -3.32. The number of rotatable bonds is 3. The van der Waals surface area contributed by atoms with Crippen molar-refractivity contribution in [1.82, 2.24) is 0 Å². The van der Waals surface area contributed by atoms with Crippen molar-refractivity contribution in [1.29, 1.82) is 5.26 Å². The van der Waals surface area contributed by atoms with E-state index < -0.39 is 5.97 Å². The van der Waals surface area contributed by atoms with E-state index in [4.69, 9.17) is 10.4 Å². The Labute approximate surface area is 153 Å². The summed E-state index contributed by atoms with van der Waals surface area (Å²) >= 11 is 0. The zero-order valence-electron chi connectivity index (χ0n) is 14.9. The lowest BCUT2D eigenvalue weighted by Gasteiger charge is -2.22. The van der Waals surface area contributed by atoms with E-state index in [-0.39, 0.29) is 5.57 Å². The minimum atomic E-state index is -1.21. The number of carbonyl (C=O) groups is 1. The first-order chi connectivity index (χ1) is 12.5. The minimum absolute atomic E-state index is 0.260. The summed E-state index contributed by atoms with van der Waals surface area (Å²) in [5.74, 6) is -1.21. The number of carboxylic acid groups (broad SMARTS) is 1. The second-order valence-corrected chi connectivity index (χ2v) is 6.44. The standard InChI is InChI=1S/C22H20N2O2/c1-15(12-19(14-23)22(25)26)11-16-7-10-21-18(13-16)9-8-17-5-3-4-6-20(17)24(21)2/h3-7,10-13H,8-9H2,1-2H3,(H,25,26)/b15-11-,19-12-. The fourth-order valence-electron chi connectivity index (χ4n) is 3.35. The van der Waals surface area contributed by atoms with Crippen LogP contribution in [0.2, 0.25) is 0 Å². The molecule has 1 aliphatic rings. The number of nitrogens with zero attached hydrogens (tertiary/aromatic N) is 2. The summed E-state index contributed by atoms with van der Waals surface area (Å²) < 4.78 is 0. The molecule has 2 aromatic carbocycles. The van der Waals surface area contributed by atoms with Gasteiger partial charge >= 0.3 is 5.97 Å². The van der Waals surface area contributed by atoms with Gasteiger partial charge in [-0.2, -0.15) is 5.26 Å². The van der Waals surface area contributed by atoms with E-state index in [1.54, 1.807) is 13.0 Å². The number of para-hydroxylation sites is 1. The molecule has 4 nitrogen and oxygen atoms in total. The van der Waals surface area contributed by atoms with Gasteiger partial charge in [0.25, 0.3) is 0 Å². The van der Waals surface area contributed by atoms with Gasteiger partial charge in [-0.25, -0.2) is 4.79 Å². The van der Waals surface area contributed by atoms with Crippen molar-refractivity contribution >= 4 is 23.4 Å². The molecule has 1 heterocycles. The summed E-state index contributed by atoms with van der Waals surface area (Å²) in [7, 11) is 2.08. The van der Waals surface area contributed by atoms with Crippen LogP contribution < -0.4 is 4.90 Å². The predicted octanol–water partition coefficient (Wildman–Crippen LogP) is 4.49. The van der Waals surface area contributed by atoms with Gasteiger partial charge in [0.05, 0.1) is 0 Å². The molecule has 1 aliphatic heterocycles. The van der Waals surface area contributed by atoms with Gasteiger partial charge in [0.2, 0.25) is 0 Å². The van der Waals surface area contributed by atoms with Crippen molar-refractivity contribution in [2.24, 2.45) is 0 Å². The first-order valence-electron chi connectivity index (χ1n) is 8.47. The first kappa shape index (κ1) is 17.5. The molecular formula is C22H20N2O2. The summed E-state index contributed by atoms with van der Waals surface area (Å²) in [5.41, 5.74) is 6.48. The number of aryl methyl sites for hydroxylation is 2. The highest BCUT2D eigenvalue weighted by Crippen LogP contribution is 2.35. The molecule has 0 bridgehead atoms. The van der Waals surface area contributed by atoms with Crippen LogP contribution in [0.3, 0.4) is 0 Å². The third-order valence-electron chi connectivity index (χ3n) is 4.60. The van der Waals surface area contributed by atoms with Crippen molar-refractivity contribution in [3.63, 3.8) is 0 Å². The molecule has 2 aromatic rings. The molecule has 0 radical (unpaired) electrons. The molecule has 0 aromatic heterocycles. The third-order valence-corrected chi connectivity index (χ3v) is 4.60. The van der Waals surface area contributed by atoms with Gasteiger partial charge in [-0.3, -0.25) is 0 Å². The molecule has 1 N–H and O–H groups in total. The molecule has 130 valence electrons. The van der Waals surface area contributed by atoms with E-state index in [9.17, 15) is 4.79 Å². The largest absolute Gasteiger partial charge is 0.477 e. The first-order valence-corrected chi connectivity index (χ1v) is 8.47. The van der Waals surface area contributed by atoms with E-state index >= 15 is 0 Å². The van der Waals surface area contributed by atoms with Crippen molar-refractivity contribution < 1.29 is 9.90 Å². The molecule has 0 saturated carbocycles. The number of anilines is 2. The SMILES string of the molecule is CC(=C/c1ccc2c(c1)CCc1ccccc1N2C)/C=C(/C#N)C(=O)O. The summed E-state index contributed by atoms with van der Waals surface area (Å²) in [6, 6.07) is 16.4. The van der Waals surface area contributed by atoms with Gasteiger partial charge in [0, 0.05) is 18.4 Å². The van der Waals surface area contributed by atoms with Crippen LogP contribution in [0.15, 0.2) is 59.7 Å². The number of carboxylic acids is 1. The molecule has 0 spiro atoms. The van der Waals surface area contributed by atoms with Gasteiger partial charge < -0.3 is 10.0 Å². The lowest BCUT2D eigenvalue weighted by molar-refractivity contribution is -0.132. The molecule has 0 saturated heterocycles. The predicted molar refractivity (Wildman–Crippen MR) is 103 cm³/mol. The number of hydrogen-bond donors (Lipinski definition) is 1. The fraction of sp³-hybridized carbons (Fsp3) is 0.182. The average molecular weight is 344 g/mol. The minimum Gasteiger partial charge on any atom is -0.477 e. The van der Waals surface area contributed by atoms with Gasteiger partial charge in [-0.05, 0) is 66.3 Å². The Balaban J connectivity index is 1.95. The highest BCUT2D eigenvalue weighted by atomic mass is 16.4. The molecule has 0 amide bonds. The van der Waals surface area contributed by atoms with Crippen LogP contribution in [0.4, 0.5) is 11.4 Å². The Kier molecular flexibility index (Phi) is 4.90. The van der Waals surface area contributed by atoms with E-state index in [2.05, 4.69) is 48.3 Å². The van der Waals surface area contributed by atoms with Crippen molar-refractivity contribution in [3.05, 3.63) is 76.4 Å². The van der Waals surface area contributed by atoms with Gasteiger partial charge in [0.1, 0.15) is 11.6 Å². The quantitative estimate of drug-likeness (QED) is 0.506. The lowest BCUT2D eigenvalue weighted by Crippen LogP contribution is -2.11. The number of aliphatic carboxylic acids is 1. The number of benzene rings is 2. The fourth-order valence-corrected chi connectivity index (χ4v) is 3.35. The third kappa shape index (κ3) is 3.52. The van der Waals surface area contributed by atoms with E-state index in [0.717, 1.165) is 24.0 Å². The lowest BCUT2D eigenvalue weighted by atomic mass is 10.0. The molecule has 0 atom stereocenters. The van der Waals surface area contributed by atoms with Crippen LogP contribution in [-0.2, 0) is 17.6 Å². The van der Waals surface area contributed by atoms with Crippen LogP contribution >= 0.6 is 0 Å². The second-order valence-electron chi connectivity index (χ2n) is 6.44. The van der Waals surface area contributed by atoms with Gasteiger partial charge in [-0.15, -0.1) is 0 Å². The van der Waals surface area contributed by atoms with Crippen molar-refractivity contribution in [3.8, 4) is 6.07 Å². The monoisotopic (exact) mass is 344 g/mol. The zero-order valence-corrected chi connectivity index (χ0v) is 14.9. The second kappa shape index (κ2) is 7.28. The zero-order chi connectivity index (χ0) is 18.7. The molecule has 3 rings (SSSR count). The topological polar surface area (TPSA) is 64.3 Å². The van der Waals surface area contributed by atoms with Crippen LogP contribution in [-0.4, -0.2) is 18.1 Å². The Bertz CT molecular complexity index is 964. The molecule has 0 fully saturated rings. The maximum absolute atomic E-state index is 11.0. The van der Waals surface area contributed by atoms with Crippen LogP contribution in [0.1, 0.15) is 23.6 Å². The van der Waals surface area contributed by atoms with E-state index in [1.165, 1.54) is 28.6 Å². The van der Waals surface area contributed by atoms with Crippen molar-refractivity contribution in [2.75, 3.05) is 11.9 Å². The van der Waals surface area contributed by atoms with Crippen molar-refractivity contribution in [2.45, 2.75) is 19.8 Å². The number of allylic oxidation sites excluding steroid dienone is 2. The molecule has 0 unspecified atom stereocenters. The molecule has 26 heavy (non-hydrogen) atoms. The number of fused-ring (bicyclic) bond motifs is 2. The van der Waals surface area contributed by atoms with Crippen LogP contribution in [0.5, 0.6) is 0 Å². The smallest absolute Gasteiger partial charge is 0.346 e. The normalized spacial score (nSPS) is 14.1. The van der Waals surface area contributed by atoms with Gasteiger partial charge in [-0.1, -0.05) is 30.3 Å². The Morgan fingerprint density at radius 1 is 1.15 bits per heavy atom. The van der Waals surface area contributed by atoms with Crippen LogP contribution in [0.25, 0.3) is 6.08 Å². The molecule has 0 aliphatic carbocycles. The number of nitriles is 1. The van der Waals surface area contributed by atoms with Crippen LogP contribution in [0, 0.1) is 11.3 Å². The highest BCUT2D eigenvalue weighted by Gasteiger charge is 2.17. The summed E-state index contributed by atoms with van der Waals surface area (Å²) in [5, 5.41) is 17.9. The summed E-state index contributed by atoms with van der Waals surface area (Å²) in [6.07, 6.45) is 5.23. The Morgan fingerprint density at radius 2 is 1.85 bits per heavy atom. The van der Waals surface area contributed by atoms with Gasteiger partial charge in [0.15, 0.2) is 0 Å². The maximum atomic E-state index is 11.0. The van der Waals surface area contributed by atoms with E-state index in [0.29, 0.717) is 0 Å².